The van der Waals surface area contributed by atoms with Crippen molar-refractivity contribution in [2.75, 3.05) is 19.0 Å². The predicted molar refractivity (Wildman–Crippen MR) is 55.7 cm³/mol. The summed E-state index contributed by atoms with van der Waals surface area (Å²) in [6, 6.07) is 0. The highest BCUT2D eigenvalue weighted by Crippen LogP contribution is 2.03. The van der Waals surface area contributed by atoms with Crippen LogP contribution in [0.15, 0.2) is 12.4 Å². The van der Waals surface area contributed by atoms with Crippen LogP contribution in [0.3, 0.4) is 0 Å². The van der Waals surface area contributed by atoms with Crippen molar-refractivity contribution in [2.24, 2.45) is 5.73 Å². The standard InChI is InChI=1S/C9H12N4O3/c1-16-9(15)6-4-11-5-8(13-6)12-3-2-7(10)14/h4-5H,2-3H2,1H3,(H2,10,14)(H,12,13). The van der Waals surface area contributed by atoms with Gasteiger partial charge in [0.25, 0.3) is 0 Å². The van der Waals surface area contributed by atoms with Gasteiger partial charge in [0.05, 0.1) is 19.5 Å². The highest BCUT2D eigenvalue weighted by Gasteiger charge is 2.08. The van der Waals surface area contributed by atoms with E-state index in [2.05, 4.69) is 20.0 Å². The Balaban J connectivity index is 2.60. The molecule has 7 nitrogen and oxygen atoms in total. The predicted octanol–water partition coefficient (Wildman–Crippen LogP) is -0.450. The number of methoxy groups -OCH3 is 1. The number of esters is 1. The Morgan fingerprint density at radius 2 is 2.25 bits per heavy atom. The average molecular weight is 224 g/mol. The van der Waals surface area contributed by atoms with E-state index in [1.165, 1.54) is 19.5 Å². The quantitative estimate of drug-likeness (QED) is 0.656. The lowest BCUT2D eigenvalue weighted by Crippen LogP contribution is -2.16. The van der Waals surface area contributed by atoms with Gasteiger partial charge in [0.15, 0.2) is 5.69 Å². The fourth-order valence-corrected chi connectivity index (χ4v) is 0.968. The molecule has 0 aliphatic rings. The average Bonchev–Trinajstić information content (AvgIpc) is 2.28. The number of nitrogens with two attached hydrogens (primary N) is 1. The number of hydrogen-bond donors (Lipinski definition) is 2. The van der Waals surface area contributed by atoms with Gasteiger partial charge in [-0.1, -0.05) is 0 Å². The normalized spacial score (nSPS) is 9.56. The third-order valence-electron chi connectivity index (χ3n) is 1.71. The highest BCUT2D eigenvalue weighted by molar-refractivity contribution is 5.87. The molecule has 86 valence electrons. The number of carbonyl (C=O) groups excluding carboxylic acids is 2. The van der Waals surface area contributed by atoms with Crippen LogP contribution in [-0.2, 0) is 9.53 Å². The van der Waals surface area contributed by atoms with E-state index in [1.54, 1.807) is 0 Å². The summed E-state index contributed by atoms with van der Waals surface area (Å²) in [7, 11) is 1.26. The fraction of sp³-hybridized carbons (Fsp3) is 0.333. The number of anilines is 1. The molecule has 1 aromatic rings. The van der Waals surface area contributed by atoms with Crippen LogP contribution in [0, 0.1) is 0 Å². The van der Waals surface area contributed by atoms with Crippen LogP contribution in [0.2, 0.25) is 0 Å². The third kappa shape index (κ3) is 3.52. The number of hydrogen-bond acceptors (Lipinski definition) is 6. The van der Waals surface area contributed by atoms with Crippen molar-refractivity contribution < 1.29 is 14.3 Å². The Morgan fingerprint density at radius 1 is 1.50 bits per heavy atom. The molecule has 0 aliphatic heterocycles. The van der Waals surface area contributed by atoms with Gasteiger partial charge >= 0.3 is 5.97 Å². The number of ether oxygens (including phenoxy) is 1. The SMILES string of the molecule is COC(=O)c1cncc(NCCC(N)=O)n1. The zero-order chi connectivity index (χ0) is 12.0. The molecule has 0 bridgehead atoms. The highest BCUT2D eigenvalue weighted by atomic mass is 16.5. The molecular weight excluding hydrogens is 212 g/mol. The van der Waals surface area contributed by atoms with E-state index in [9.17, 15) is 9.59 Å². The summed E-state index contributed by atoms with van der Waals surface area (Å²) in [6.45, 7) is 0.342. The van der Waals surface area contributed by atoms with Crippen molar-refractivity contribution in [1.82, 2.24) is 9.97 Å². The van der Waals surface area contributed by atoms with Gasteiger partial charge in [-0.25, -0.2) is 9.78 Å². The number of carbonyl (C=O) groups is 2. The van der Waals surface area contributed by atoms with Gasteiger partial charge in [-0.2, -0.15) is 0 Å². The minimum atomic E-state index is -0.564. The number of nitrogens with one attached hydrogen (secondary N) is 1. The molecule has 0 radical (unpaired) electrons. The van der Waals surface area contributed by atoms with E-state index in [-0.39, 0.29) is 12.1 Å². The minimum absolute atomic E-state index is 0.103. The van der Waals surface area contributed by atoms with Crippen molar-refractivity contribution >= 4 is 17.7 Å². The third-order valence-corrected chi connectivity index (χ3v) is 1.71. The molecule has 1 aromatic heterocycles. The van der Waals surface area contributed by atoms with E-state index in [4.69, 9.17) is 5.73 Å². The number of amides is 1. The van der Waals surface area contributed by atoms with E-state index in [1.807, 2.05) is 0 Å². The summed E-state index contributed by atoms with van der Waals surface area (Å²) >= 11 is 0. The van der Waals surface area contributed by atoms with Crippen LogP contribution in [0.5, 0.6) is 0 Å². The monoisotopic (exact) mass is 224 g/mol. The molecule has 7 heteroatoms. The molecule has 0 spiro atoms. The summed E-state index contributed by atoms with van der Waals surface area (Å²) < 4.78 is 4.49. The van der Waals surface area contributed by atoms with Crippen molar-refractivity contribution in [3.8, 4) is 0 Å². The van der Waals surface area contributed by atoms with Crippen molar-refractivity contribution in [3.63, 3.8) is 0 Å². The van der Waals surface area contributed by atoms with Crippen LogP contribution < -0.4 is 11.1 Å². The summed E-state index contributed by atoms with van der Waals surface area (Å²) in [4.78, 5) is 29.4. The Kier molecular flexibility index (Phi) is 4.19. The lowest BCUT2D eigenvalue weighted by Gasteiger charge is -2.04. The molecule has 0 aromatic carbocycles. The summed E-state index contributed by atoms with van der Waals surface area (Å²) in [5.74, 6) is -0.584. The van der Waals surface area contributed by atoms with Gasteiger partial charge in [-0.05, 0) is 0 Å². The molecule has 3 N–H and O–H groups in total. The Labute approximate surface area is 92.0 Å². The van der Waals surface area contributed by atoms with Crippen LogP contribution >= 0.6 is 0 Å². The molecule has 0 saturated heterocycles. The number of aromatic nitrogens is 2. The number of primary amides is 1. The number of rotatable bonds is 5. The van der Waals surface area contributed by atoms with Gasteiger partial charge in [-0.15, -0.1) is 0 Å². The molecular formula is C9H12N4O3. The Hall–Kier alpha value is -2.18. The molecule has 0 saturated carbocycles. The van der Waals surface area contributed by atoms with Crippen LogP contribution in [0.4, 0.5) is 5.82 Å². The van der Waals surface area contributed by atoms with Gasteiger partial charge < -0.3 is 15.8 Å². The molecule has 1 rings (SSSR count). The van der Waals surface area contributed by atoms with Crippen LogP contribution in [0.25, 0.3) is 0 Å². The molecule has 1 amide bonds. The smallest absolute Gasteiger partial charge is 0.358 e. The largest absolute Gasteiger partial charge is 0.464 e. The maximum Gasteiger partial charge on any atom is 0.358 e. The Bertz CT molecular complexity index is 394. The first-order chi connectivity index (χ1) is 7.63. The maximum atomic E-state index is 11.1. The van der Waals surface area contributed by atoms with E-state index in [0.29, 0.717) is 12.4 Å². The van der Waals surface area contributed by atoms with Crippen molar-refractivity contribution in [1.29, 1.82) is 0 Å². The minimum Gasteiger partial charge on any atom is -0.464 e. The van der Waals surface area contributed by atoms with E-state index < -0.39 is 11.9 Å². The lowest BCUT2D eigenvalue weighted by molar-refractivity contribution is -0.117. The summed E-state index contributed by atoms with van der Waals surface area (Å²) in [5.41, 5.74) is 5.07. The van der Waals surface area contributed by atoms with Crippen LogP contribution in [-0.4, -0.2) is 35.5 Å². The van der Waals surface area contributed by atoms with Crippen molar-refractivity contribution in [3.05, 3.63) is 18.1 Å². The van der Waals surface area contributed by atoms with E-state index >= 15 is 0 Å². The molecule has 0 fully saturated rings. The summed E-state index contributed by atoms with van der Waals surface area (Å²) in [6.07, 6.45) is 2.92. The first kappa shape index (κ1) is 11.9. The molecule has 1 heterocycles. The second-order valence-corrected chi connectivity index (χ2v) is 2.92. The second-order valence-electron chi connectivity index (χ2n) is 2.92. The molecule has 0 aliphatic carbocycles. The maximum absolute atomic E-state index is 11.1. The number of nitrogens with zero attached hydrogens (tertiary/aromatic N) is 2. The van der Waals surface area contributed by atoms with Crippen LogP contribution in [0.1, 0.15) is 16.9 Å². The second kappa shape index (κ2) is 5.64. The van der Waals surface area contributed by atoms with Gasteiger partial charge in [0.1, 0.15) is 5.82 Å². The molecule has 0 atom stereocenters. The first-order valence-corrected chi connectivity index (χ1v) is 4.56. The molecule has 16 heavy (non-hydrogen) atoms. The van der Waals surface area contributed by atoms with Gasteiger partial charge in [-0.3, -0.25) is 9.78 Å². The zero-order valence-corrected chi connectivity index (χ0v) is 8.77. The topological polar surface area (TPSA) is 107 Å². The Morgan fingerprint density at radius 3 is 2.88 bits per heavy atom. The lowest BCUT2D eigenvalue weighted by atomic mass is 10.4. The summed E-state index contributed by atoms with van der Waals surface area (Å²) in [5, 5.41) is 2.81. The first-order valence-electron chi connectivity index (χ1n) is 4.56. The zero-order valence-electron chi connectivity index (χ0n) is 8.77. The molecule has 0 unspecified atom stereocenters. The fourth-order valence-electron chi connectivity index (χ4n) is 0.968. The van der Waals surface area contributed by atoms with Crippen molar-refractivity contribution in [2.45, 2.75) is 6.42 Å². The van der Waals surface area contributed by atoms with Gasteiger partial charge in [0.2, 0.25) is 5.91 Å². The van der Waals surface area contributed by atoms with E-state index in [0.717, 1.165) is 0 Å². The van der Waals surface area contributed by atoms with Gasteiger partial charge in [0, 0.05) is 13.0 Å².